The molecule has 0 aliphatic carbocycles. The molecular formula is C24H21BrN4O4S. The summed E-state index contributed by atoms with van der Waals surface area (Å²) in [6.07, 6.45) is 0. The van der Waals surface area contributed by atoms with E-state index in [0.29, 0.717) is 28.7 Å². The van der Waals surface area contributed by atoms with E-state index in [4.69, 9.17) is 0 Å². The third kappa shape index (κ3) is 3.63. The Labute approximate surface area is 206 Å². The van der Waals surface area contributed by atoms with Crippen molar-refractivity contribution in [2.75, 3.05) is 23.9 Å². The number of carboxylic acid groups (broad SMARTS) is 1. The summed E-state index contributed by atoms with van der Waals surface area (Å²) >= 11 is 4.77. The van der Waals surface area contributed by atoms with Gasteiger partial charge in [0.05, 0.1) is 16.9 Å². The summed E-state index contributed by atoms with van der Waals surface area (Å²) in [5, 5.41) is 14.1. The van der Waals surface area contributed by atoms with E-state index in [-0.39, 0.29) is 0 Å². The third-order valence-corrected chi connectivity index (χ3v) is 7.37. The van der Waals surface area contributed by atoms with Crippen molar-refractivity contribution < 1.29 is 9.90 Å². The number of aliphatic carboxylic acids is 1. The Hall–Kier alpha value is -3.37. The molecular weight excluding hydrogens is 520 g/mol. The van der Waals surface area contributed by atoms with Gasteiger partial charge < -0.3 is 19.9 Å². The molecule has 8 nitrogen and oxygen atoms in total. The average molecular weight is 541 g/mol. The summed E-state index contributed by atoms with van der Waals surface area (Å²) in [6.45, 7) is 0.303. The number of nitrogens with one attached hydrogen (secondary N) is 1. The van der Waals surface area contributed by atoms with Gasteiger partial charge in [0.2, 0.25) is 0 Å². The highest BCUT2D eigenvalue weighted by atomic mass is 79.9. The molecule has 1 aliphatic heterocycles. The van der Waals surface area contributed by atoms with Crippen molar-refractivity contribution in [3.8, 4) is 0 Å². The van der Waals surface area contributed by atoms with Crippen LogP contribution < -0.4 is 21.0 Å². The number of H-pyrrole nitrogens is 1. The van der Waals surface area contributed by atoms with Crippen LogP contribution in [0.1, 0.15) is 17.2 Å². The Morgan fingerprint density at radius 3 is 2.71 bits per heavy atom. The van der Waals surface area contributed by atoms with Gasteiger partial charge in [-0.2, -0.15) is 0 Å². The smallest absolute Gasteiger partial charge is 0.329 e. The van der Waals surface area contributed by atoms with Crippen molar-refractivity contribution in [2.45, 2.75) is 18.6 Å². The zero-order valence-corrected chi connectivity index (χ0v) is 20.8. The van der Waals surface area contributed by atoms with Crippen molar-refractivity contribution >= 4 is 55.5 Å². The predicted octanol–water partition coefficient (Wildman–Crippen LogP) is 3.64. The average Bonchev–Trinajstić information content (AvgIpc) is 3.37. The fourth-order valence-corrected chi connectivity index (χ4v) is 5.72. The molecule has 2 aromatic carbocycles. The van der Waals surface area contributed by atoms with E-state index in [9.17, 15) is 19.5 Å². The van der Waals surface area contributed by atoms with E-state index in [0.717, 1.165) is 20.3 Å². The van der Waals surface area contributed by atoms with E-state index in [1.54, 1.807) is 21.7 Å². The highest BCUT2D eigenvalue weighted by Gasteiger charge is 2.45. The standard InChI is InChI=1S/C24H21BrN4O4S/c1-27(2)15-5-3-4-13(8-15)10-28-19-7-6-14(25)9-16(19)20(21(28)23(31)32)29-22(30)17-11-34-12-18(17)26-24(29)33/h3-9,11-12,20-21H,10H2,1-2H3,(H,26,33)(H,31,32). The number of hydrogen-bond donors (Lipinski definition) is 2. The monoisotopic (exact) mass is 540 g/mol. The fraction of sp³-hybridized carbons (Fsp3) is 0.208. The maximum atomic E-state index is 13.4. The summed E-state index contributed by atoms with van der Waals surface area (Å²) in [6, 6.07) is 11.1. The maximum Gasteiger partial charge on any atom is 0.329 e. The van der Waals surface area contributed by atoms with Gasteiger partial charge in [-0.3, -0.25) is 4.79 Å². The Morgan fingerprint density at radius 2 is 1.97 bits per heavy atom. The predicted molar refractivity (Wildman–Crippen MR) is 137 cm³/mol. The number of benzene rings is 2. The van der Waals surface area contributed by atoms with E-state index in [1.165, 1.54) is 11.3 Å². The Morgan fingerprint density at radius 1 is 1.18 bits per heavy atom. The van der Waals surface area contributed by atoms with Crippen LogP contribution in [-0.2, 0) is 11.3 Å². The van der Waals surface area contributed by atoms with Gasteiger partial charge in [0.1, 0.15) is 0 Å². The zero-order valence-electron chi connectivity index (χ0n) is 18.4. The molecule has 0 bridgehead atoms. The number of carbonyl (C=O) groups is 1. The summed E-state index contributed by atoms with van der Waals surface area (Å²) in [4.78, 5) is 45.6. The van der Waals surface area contributed by atoms with Gasteiger partial charge in [-0.1, -0.05) is 28.1 Å². The third-order valence-electron chi connectivity index (χ3n) is 6.14. The summed E-state index contributed by atoms with van der Waals surface area (Å²) in [5.41, 5.74) is 2.51. The van der Waals surface area contributed by atoms with Crippen molar-refractivity contribution in [2.24, 2.45) is 0 Å². The van der Waals surface area contributed by atoms with Crippen molar-refractivity contribution in [3.05, 3.63) is 89.7 Å². The first-order valence-electron chi connectivity index (χ1n) is 10.5. The Balaban J connectivity index is 1.71. The molecule has 0 radical (unpaired) electrons. The van der Waals surface area contributed by atoms with Gasteiger partial charge in [0.15, 0.2) is 6.04 Å². The first-order chi connectivity index (χ1) is 16.3. The molecule has 1 aliphatic rings. The molecule has 3 heterocycles. The molecule has 34 heavy (non-hydrogen) atoms. The molecule has 0 saturated heterocycles. The molecule has 4 aromatic rings. The molecule has 0 spiro atoms. The van der Waals surface area contributed by atoms with E-state index < -0.39 is 29.3 Å². The lowest BCUT2D eigenvalue weighted by Gasteiger charge is -2.28. The Kier molecular flexibility index (Phi) is 5.57. The SMILES string of the molecule is CN(C)c1cccc(CN2c3ccc(Br)cc3C(n3c(=O)[nH]c4cscc4c3=O)C2C(=O)O)c1. The number of thiophene rings is 1. The minimum atomic E-state index is -1.15. The van der Waals surface area contributed by atoms with Crippen molar-refractivity contribution in [1.29, 1.82) is 0 Å². The molecule has 5 rings (SSSR count). The molecule has 10 heteroatoms. The first-order valence-corrected chi connectivity index (χ1v) is 12.3. The maximum absolute atomic E-state index is 13.4. The van der Waals surface area contributed by atoms with Gasteiger partial charge in [-0.25, -0.2) is 14.2 Å². The minimum Gasteiger partial charge on any atom is -0.480 e. The lowest BCUT2D eigenvalue weighted by molar-refractivity contribution is -0.139. The van der Waals surface area contributed by atoms with Gasteiger partial charge in [-0.05, 0) is 35.9 Å². The molecule has 0 fully saturated rings. The number of aromatic amines is 1. The molecule has 2 aromatic heterocycles. The molecule has 2 atom stereocenters. The number of fused-ring (bicyclic) bond motifs is 2. The topological polar surface area (TPSA) is 98.6 Å². The normalized spacial score (nSPS) is 17.2. The number of rotatable bonds is 5. The van der Waals surface area contributed by atoms with Gasteiger partial charge in [-0.15, -0.1) is 11.3 Å². The number of hydrogen-bond acceptors (Lipinski definition) is 6. The second kappa shape index (κ2) is 8.44. The van der Waals surface area contributed by atoms with Gasteiger partial charge in [0.25, 0.3) is 5.56 Å². The highest BCUT2D eigenvalue weighted by molar-refractivity contribution is 9.10. The molecule has 2 N–H and O–H groups in total. The van der Waals surface area contributed by atoms with Crippen LogP contribution in [0.15, 0.2) is 67.3 Å². The molecule has 174 valence electrons. The number of halogens is 1. The van der Waals surface area contributed by atoms with Crippen molar-refractivity contribution in [3.63, 3.8) is 0 Å². The second-order valence-corrected chi connectivity index (χ2v) is 10.1. The van der Waals surface area contributed by atoms with Crippen LogP contribution in [0.4, 0.5) is 11.4 Å². The summed E-state index contributed by atoms with van der Waals surface area (Å²) in [7, 11) is 3.88. The quantitative estimate of drug-likeness (QED) is 0.401. The van der Waals surface area contributed by atoms with Crippen LogP contribution in [-0.4, -0.2) is 40.8 Å². The lowest BCUT2D eigenvalue weighted by atomic mass is 10.0. The first kappa shape index (κ1) is 22.4. The molecule has 2 unspecified atom stereocenters. The molecule has 0 saturated carbocycles. The van der Waals surface area contributed by atoms with E-state index >= 15 is 0 Å². The zero-order chi connectivity index (χ0) is 24.1. The van der Waals surface area contributed by atoms with Gasteiger partial charge >= 0.3 is 11.7 Å². The molecule has 0 amide bonds. The Bertz CT molecular complexity index is 1540. The highest BCUT2D eigenvalue weighted by Crippen LogP contribution is 2.43. The van der Waals surface area contributed by atoms with E-state index in [2.05, 4.69) is 20.9 Å². The largest absolute Gasteiger partial charge is 0.480 e. The summed E-state index contributed by atoms with van der Waals surface area (Å²) in [5.74, 6) is -1.11. The minimum absolute atomic E-state index is 0.303. The van der Waals surface area contributed by atoms with Gasteiger partial charge in [0, 0.05) is 52.8 Å². The van der Waals surface area contributed by atoms with Crippen LogP contribution in [0.5, 0.6) is 0 Å². The van der Waals surface area contributed by atoms with Crippen LogP contribution in [0, 0.1) is 0 Å². The van der Waals surface area contributed by atoms with Crippen LogP contribution in [0.2, 0.25) is 0 Å². The summed E-state index contributed by atoms with van der Waals surface area (Å²) < 4.78 is 1.79. The van der Waals surface area contributed by atoms with Crippen molar-refractivity contribution in [1.82, 2.24) is 9.55 Å². The second-order valence-electron chi connectivity index (χ2n) is 8.43. The lowest BCUT2D eigenvalue weighted by Crippen LogP contribution is -2.48. The number of aromatic nitrogens is 2. The fourth-order valence-electron chi connectivity index (χ4n) is 4.59. The van der Waals surface area contributed by atoms with E-state index in [1.807, 2.05) is 55.4 Å². The van der Waals surface area contributed by atoms with Crippen LogP contribution in [0.25, 0.3) is 10.9 Å². The van der Waals surface area contributed by atoms with Crippen LogP contribution >= 0.6 is 27.3 Å². The number of carboxylic acids is 1. The number of nitrogens with zero attached hydrogens (tertiary/aromatic N) is 3. The van der Waals surface area contributed by atoms with Crippen LogP contribution in [0.3, 0.4) is 0 Å². The number of anilines is 2.